The molecular formula is C32H30F4N8OS. The minimum Gasteiger partial charge on any atom is -0.368 e. The Labute approximate surface area is 265 Å². The van der Waals surface area contributed by atoms with Crippen molar-refractivity contribution in [1.29, 1.82) is 0 Å². The minimum absolute atomic E-state index is 0.0605. The van der Waals surface area contributed by atoms with E-state index in [4.69, 9.17) is 5.10 Å². The predicted molar refractivity (Wildman–Crippen MR) is 167 cm³/mol. The second-order valence-electron chi connectivity index (χ2n) is 12.4. The summed E-state index contributed by atoms with van der Waals surface area (Å²) in [5, 5.41) is 12.9. The second kappa shape index (κ2) is 10.9. The molecule has 6 heterocycles. The molecule has 2 saturated heterocycles. The van der Waals surface area contributed by atoms with Crippen molar-refractivity contribution in [1.82, 2.24) is 29.6 Å². The van der Waals surface area contributed by atoms with E-state index < -0.39 is 30.2 Å². The van der Waals surface area contributed by atoms with Crippen LogP contribution in [0.3, 0.4) is 0 Å². The number of aryl methyl sites for hydroxylation is 1. The molecule has 5 aromatic rings. The quantitative estimate of drug-likeness (QED) is 0.227. The maximum atomic E-state index is 15.2. The van der Waals surface area contributed by atoms with Crippen LogP contribution in [0.4, 0.5) is 28.4 Å². The Morgan fingerprint density at radius 2 is 2.02 bits per heavy atom. The van der Waals surface area contributed by atoms with Crippen molar-refractivity contribution in [2.45, 2.75) is 44.2 Å². The van der Waals surface area contributed by atoms with Gasteiger partial charge in [0.2, 0.25) is 0 Å². The minimum atomic E-state index is -2.82. The molecule has 238 valence electrons. The normalized spacial score (nSPS) is 23.0. The van der Waals surface area contributed by atoms with Gasteiger partial charge in [0.15, 0.2) is 11.2 Å². The number of rotatable bonds is 7. The Hall–Kier alpha value is -4.30. The topological polar surface area (TPSA) is 92.9 Å². The van der Waals surface area contributed by atoms with Gasteiger partial charge in [0.25, 0.3) is 12.3 Å². The van der Waals surface area contributed by atoms with Crippen LogP contribution < -0.4 is 15.5 Å². The van der Waals surface area contributed by atoms with Gasteiger partial charge in [-0.25, -0.2) is 27.5 Å². The summed E-state index contributed by atoms with van der Waals surface area (Å²) in [6, 6.07) is 7.83. The summed E-state index contributed by atoms with van der Waals surface area (Å²) < 4.78 is 61.9. The van der Waals surface area contributed by atoms with Crippen LogP contribution >= 0.6 is 11.3 Å². The highest BCUT2D eigenvalue weighted by atomic mass is 32.1. The van der Waals surface area contributed by atoms with Crippen molar-refractivity contribution in [2.75, 3.05) is 36.4 Å². The fourth-order valence-electron chi connectivity index (χ4n) is 7.20. The summed E-state index contributed by atoms with van der Waals surface area (Å²) in [6.45, 7) is 3.87. The lowest BCUT2D eigenvalue weighted by atomic mass is 9.95. The number of benzene rings is 2. The first-order chi connectivity index (χ1) is 22.2. The predicted octanol–water partition coefficient (Wildman–Crippen LogP) is 5.47. The number of imidazole rings is 1. The largest absolute Gasteiger partial charge is 0.368 e. The summed E-state index contributed by atoms with van der Waals surface area (Å²) in [7, 11) is 0. The number of anilines is 2. The Morgan fingerprint density at radius 3 is 2.76 bits per heavy atom. The van der Waals surface area contributed by atoms with Crippen molar-refractivity contribution in [2.24, 2.45) is 5.92 Å². The van der Waals surface area contributed by atoms with Gasteiger partial charge in [0, 0.05) is 72.1 Å². The first kappa shape index (κ1) is 29.1. The molecule has 9 nitrogen and oxygen atoms in total. The van der Waals surface area contributed by atoms with E-state index in [0.717, 1.165) is 11.3 Å². The lowest BCUT2D eigenvalue weighted by Crippen LogP contribution is -2.34. The SMILES string of the molecule is Cc1c(-c2ccc(N3CC4CNC[C@@]4(F)C3)cc2)cc(C(F)F)c2cn(C(C(=O)Nc3nccs3)c3ncn4c3C[C@@H](F)C4)nc12. The molecule has 3 aliphatic heterocycles. The molecule has 0 saturated carbocycles. The molecule has 2 aromatic carbocycles. The molecule has 3 aromatic heterocycles. The molecule has 3 aliphatic rings. The standard InChI is InChI=1S/C32H30F4N8OS/c1-17-22(18-2-4-21(5-3-18)42-11-19-10-37-14-32(19,36)15-42)9-23(29(34)35)24-13-44(41-26(17)24)28(30(45)40-31-38-6-7-46-31)27-25-8-20(33)12-43(25)16-39-27/h2-7,9,13,16,19-20,28-29,37H,8,10-12,14-15H2,1H3,(H,38,40,45)/t19?,20-,28?,32-/m1/s1. The third kappa shape index (κ3) is 4.77. The van der Waals surface area contributed by atoms with Crippen molar-refractivity contribution >= 4 is 39.0 Å². The van der Waals surface area contributed by atoms with Gasteiger partial charge in [0.1, 0.15) is 11.8 Å². The maximum Gasteiger partial charge on any atom is 0.264 e. The number of hydrogen-bond donors (Lipinski definition) is 2. The molecule has 0 aliphatic carbocycles. The third-order valence-electron chi connectivity index (χ3n) is 9.54. The number of halogens is 4. The van der Waals surface area contributed by atoms with Crippen LogP contribution in [0.2, 0.25) is 0 Å². The fraction of sp³-hybridized carbons (Fsp3) is 0.375. The first-order valence-corrected chi connectivity index (χ1v) is 16.0. The summed E-state index contributed by atoms with van der Waals surface area (Å²) in [5.41, 5.74) is 2.57. The Bertz CT molecular complexity index is 1940. The smallest absolute Gasteiger partial charge is 0.264 e. The Morgan fingerprint density at radius 1 is 1.20 bits per heavy atom. The number of carbonyl (C=O) groups is 1. The van der Waals surface area contributed by atoms with Crippen LogP contribution in [-0.2, 0) is 17.8 Å². The van der Waals surface area contributed by atoms with Crippen LogP contribution in [0.25, 0.3) is 22.0 Å². The molecule has 2 fully saturated rings. The van der Waals surface area contributed by atoms with Gasteiger partial charge >= 0.3 is 0 Å². The maximum absolute atomic E-state index is 15.2. The number of thiazole rings is 1. The molecule has 1 amide bonds. The van der Waals surface area contributed by atoms with Crippen LogP contribution in [0.15, 0.2) is 54.4 Å². The number of aromatic nitrogens is 5. The molecule has 8 rings (SSSR count). The first-order valence-electron chi connectivity index (χ1n) is 15.1. The van der Waals surface area contributed by atoms with E-state index in [-0.39, 0.29) is 29.8 Å². The lowest BCUT2D eigenvalue weighted by Gasteiger charge is -2.21. The van der Waals surface area contributed by atoms with Crippen LogP contribution in [0.1, 0.15) is 35.0 Å². The molecule has 0 bridgehead atoms. The highest BCUT2D eigenvalue weighted by molar-refractivity contribution is 7.13. The number of nitrogens with zero attached hydrogens (tertiary/aromatic N) is 6. The Kier molecular flexibility index (Phi) is 6.90. The van der Waals surface area contributed by atoms with Gasteiger partial charge in [-0.2, -0.15) is 5.10 Å². The van der Waals surface area contributed by atoms with Crippen molar-refractivity contribution in [3.05, 3.63) is 76.9 Å². The highest BCUT2D eigenvalue weighted by Gasteiger charge is 2.50. The van der Waals surface area contributed by atoms with Crippen LogP contribution in [0, 0.1) is 12.8 Å². The third-order valence-corrected chi connectivity index (χ3v) is 10.2. The van der Waals surface area contributed by atoms with Crippen LogP contribution in [-0.4, -0.2) is 68.2 Å². The number of hydrogen-bond acceptors (Lipinski definition) is 7. The van der Waals surface area contributed by atoms with Gasteiger partial charge in [-0.3, -0.25) is 14.8 Å². The second-order valence-corrected chi connectivity index (χ2v) is 13.3. The van der Waals surface area contributed by atoms with Crippen LogP contribution in [0.5, 0.6) is 0 Å². The fourth-order valence-corrected chi connectivity index (χ4v) is 7.73. The number of nitrogens with one attached hydrogen (secondary N) is 2. The number of amides is 1. The average molecular weight is 651 g/mol. The zero-order valence-electron chi connectivity index (χ0n) is 24.8. The van der Waals surface area contributed by atoms with Gasteiger partial charge in [-0.15, -0.1) is 11.3 Å². The molecule has 46 heavy (non-hydrogen) atoms. The number of fused-ring (bicyclic) bond motifs is 3. The zero-order chi connectivity index (χ0) is 31.7. The molecule has 2 N–H and O–H groups in total. The van der Waals surface area contributed by atoms with Gasteiger partial charge < -0.3 is 14.8 Å². The summed E-state index contributed by atoms with van der Waals surface area (Å²) in [4.78, 5) is 24.4. The summed E-state index contributed by atoms with van der Waals surface area (Å²) in [6.07, 6.45) is 0.647. The molecule has 14 heteroatoms. The Balaban J connectivity index is 1.18. The van der Waals surface area contributed by atoms with E-state index in [1.807, 2.05) is 36.1 Å². The van der Waals surface area contributed by atoms with Gasteiger partial charge in [-0.1, -0.05) is 12.1 Å². The van der Waals surface area contributed by atoms with Gasteiger partial charge in [0.05, 0.1) is 30.6 Å². The molecule has 0 radical (unpaired) electrons. The van der Waals surface area contributed by atoms with E-state index >= 15 is 4.39 Å². The van der Waals surface area contributed by atoms with E-state index in [2.05, 4.69) is 20.6 Å². The van der Waals surface area contributed by atoms with E-state index in [1.165, 1.54) is 34.6 Å². The number of alkyl halides is 4. The van der Waals surface area contributed by atoms with Gasteiger partial charge in [-0.05, 0) is 41.8 Å². The summed E-state index contributed by atoms with van der Waals surface area (Å²) in [5.74, 6) is -0.579. The van der Waals surface area contributed by atoms with E-state index in [1.54, 1.807) is 16.1 Å². The van der Waals surface area contributed by atoms with Crippen molar-refractivity contribution in [3.8, 4) is 11.1 Å². The number of carbonyl (C=O) groups excluding carboxylic acids is 1. The monoisotopic (exact) mass is 650 g/mol. The van der Waals surface area contributed by atoms with Crippen molar-refractivity contribution in [3.63, 3.8) is 0 Å². The van der Waals surface area contributed by atoms with Crippen molar-refractivity contribution < 1.29 is 22.4 Å². The zero-order valence-corrected chi connectivity index (χ0v) is 25.6. The molecular weight excluding hydrogens is 620 g/mol. The average Bonchev–Trinajstić information content (AvgIpc) is 3.86. The molecule has 2 unspecified atom stereocenters. The summed E-state index contributed by atoms with van der Waals surface area (Å²) >= 11 is 1.23. The van der Waals surface area contributed by atoms with E-state index in [9.17, 15) is 18.0 Å². The lowest BCUT2D eigenvalue weighted by molar-refractivity contribution is -0.118. The molecule has 0 spiro atoms. The highest BCUT2D eigenvalue weighted by Crippen LogP contribution is 2.40. The van der Waals surface area contributed by atoms with E-state index in [0.29, 0.717) is 59.3 Å². The molecule has 4 atom stereocenters.